The van der Waals surface area contributed by atoms with Crippen molar-refractivity contribution in [3.05, 3.63) is 16.1 Å². The van der Waals surface area contributed by atoms with E-state index in [1.165, 1.54) is 19.3 Å². The van der Waals surface area contributed by atoms with Gasteiger partial charge in [-0.3, -0.25) is 0 Å². The molecule has 2 N–H and O–H groups in total. The van der Waals surface area contributed by atoms with Crippen molar-refractivity contribution in [1.82, 2.24) is 4.98 Å². The Balaban J connectivity index is 2.22. The first-order valence-electron chi connectivity index (χ1n) is 6.36. The van der Waals surface area contributed by atoms with E-state index in [1.54, 1.807) is 13.1 Å². The maximum absolute atomic E-state index is 6.20. The quantitative estimate of drug-likeness (QED) is 0.855. The van der Waals surface area contributed by atoms with Crippen LogP contribution in [0, 0.1) is 0 Å². The fourth-order valence-corrected chi connectivity index (χ4v) is 2.97. The first kappa shape index (κ1) is 13.8. The Kier molecular flexibility index (Phi) is 4.23. The van der Waals surface area contributed by atoms with E-state index in [-0.39, 0.29) is 5.54 Å². The maximum Gasteiger partial charge on any atom is 0.147 e. The second-order valence-electron chi connectivity index (χ2n) is 5.15. The summed E-state index contributed by atoms with van der Waals surface area (Å²) in [6.07, 6.45) is 6.15. The van der Waals surface area contributed by atoms with Gasteiger partial charge in [0.2, 0.25) is 0 Å². The summed E-state index contributed by atoms with van der Waals surface area (Å²) in [6, 6.07) is 1.73. The van der Waals surface area contributed by atoms with Crippen molar-refractivity contribution < 1.29 is 0 Å². The van der Waals surface area contributed by atoms with Gasteiger partial charge in [-0.15, -0.1) is 0 Å². The third kappa shape index (κ3) is 3.01. The lowest BCUT2D eigenvalue weighted by atomic mass is 9.83. The highest BCUT2D eigenvalue weighted by Gasteiger charge is 2.27. The Hall–Kier alpha value is -0.670. The third-order valence-electron chi connectivity index (χ3n) is 3.54. The van der Waals surface area contributed by atoms with Gasteiger partial charge < -0.3 is 10.6 Å². The van der Waals surface area contributed by atoms with Gasteiger partial charge in [0.15, 0.2) is 0 Å². The molecule has 1 aliphatic rings. The van der Waals surface area contributed by atoms with Crippen molar-refractivity contribution >= 4 is 34.8 Å². The van der Waals surface area contributed by atoms with Crippen LogP contribution in [0.5, 0.6) is 0 Å². The molecule has 1 aliphatic carbocycles. The molecule has 0 radical (unpaired) electrons. The molecule has 5 heteroatoms. The topological polar surface area (TPSA) is 37.0 Å². The van der Waals surface area contributed by atoms with Crippen molar-refractivity contribution in [2.24, 2.45) is 0 Å². The number of rotatable bonds is 3. The minimum Gasteiger partial charge on any atom is -0.372 e. The van der Waals surface area contributed by atoms with Gasteiger partial charge in [0, 0.05) is 12.6 Å². The molecule has 0 bridgehead atoms. The monoisotopic (exact) mass is 287 g/mol. The lowest BCUT2D eigenvalue weighted by Gasteiger charge is -2.35. The summed E-state index contributed by atoms with van der Waals surface area (Å²) in [4.78, 5) is 4.44. The summed E-state index contributed by atoms with van der Waals surface area (Å²) in [5.41, 5.74) is 0.0910. The Bertz CT molecular complexity index is 428. The lowest BCUT2D eigenvalue weighted by molar-refractivity contribution is 0.348. The number of hydrogen-bond donors (Lipinski definition) is 2. The molecule has 1 heterocycles. The van der Waals surface area contributed by atoms with Crippen LogP contribution in [-0.4, -0.2) is 17.6 Å². The average molecular weight is 288 g/mol. The minimum atomic E-state index is 0.0910. The first-order valence-corrected chi connectivity index (χ1v) is 7.12. The highest BCUT2D eigenvalue weighted by molar-refractivity contribution is 6.37. The third-order valence-corrected chi connectivity index (χ3v) is 4.12. The van der Waals surface area contributed by atoms with Gasteiger partial charge in [0.25, 0.3) is 0 Å². The molecule has 18 heavy (non-hydrogen) atoms. The fourth-order valence-electron chi connectivity index (χ4n) is 2.47. The molecule has 1 fully saturated rings. The Morgan fingerprint density at radius 1 is 1.11 bits per heavy atom. The van der Waals surface area contributed by atoms with Gasteiger partial charge in [-0.2, -0.15) is 0 Å². The van der Waals surface area contributed by atoms with Gasteiger partial charge in [-0.05, 0) is 25.8 Å². The molecule has 1 aromatic heterocycles. The molecule has 1 aromatic rings. The van der Waals surface area contributed by atoms with E-state index in [0.29, 0.717) is 15.9 Å². The van der Waals surface area contributed by atoms with Gasteiger partial charge in [0.05, 0.1) is 10.0 Å². The predicted molar refractivity (Wildman–Crippen MR) is 78.9 cm³/mol. The normalized spacial score (nSPS) is 18.4. The SMILES string of the molecule is CNc1nc(NC2(C)CCCCC2)c(Cl)cc1Cl. The molecule has 0 aromatic carbocycles. The highest BCUT2D eigenvalue weighted by Crippen LogP contribution is 2.35. The summed E-state index contributed by atoms with van der Waals surface area (Å²) in [6.45, 7) is 2.23. The molecule has 0 saturated heterocycles. The summed E-state index contributed by atoms with van der Waals surface area (Å²) >= 11 is 12.2. The van der Waals surface area contributed by atoms with Crippen molar-refractivity contribution in [3.8, 4) is 0 Å². The van der Waals surface area contributed by atoms with Crippen LogP contribution in [0.2, 0.25) is 10.0 Å². The largest absolute Gasteiger partial charge is 0.372 e. The van der Waals surface area contributed by atoms with Crippen LogP contribution in [0.3, 0.4) is 0 Å². The summed E-state index contributed by atoms with van der Waals surface area (Å²) in [7, 11) is 1.80. The van der Waals surface area contributed by atoms with E-state index in [9.17, 15) is 0 Å². The summed E-state index contributed by atoms with van der Waals surface area (Å²) in [5, 5.41) is 7.57. The van der Waals surface area contributed by atoms with Crippen LogP contribution in [0.4, 0.5) is 11.6 Å². The van der Waals surface area contributed by atoms with Gasteiger partial charge in [0.1, 0.15) is 11.6 Å². The number of hydrogen-bond acceptors (Lipinski definition) is 3. The minimum absolute atomic E-state index is 0.0910. The second kappa shape index (κ2) is 5.54. The Morgan fingerprint density at radius 2 is 1.72 bits per heavy atom. The van der Waals surface area contributed by atoms with Gasteiger partial charge >= 0.3 is 0 Å². The first-order chi connectivity index (χ1) is 8.54. The molecule has 1 saturated carbocycles. The number of nitrogens with zero attached hydrogens (tertiary/aromatic N) is 1. The zero-order valence-electron chi connectivity index (χ0n) is 10.8. The summed E-state index contributed by atoms with van der Waals surface area (Å²) < 4.78 is 0. The maximum atomic E-state index is 6.20. The highest BCUT2D eigenvalue weighted by atomic mass is 35.5. The Labute approximate surface area is 118 Å². The van der Waals surface area contributed by atoms with Crippen LogP contribution in [-0.2, 0) is 0 Å². The van der Waals surface area contributed by atoms with E-state index < -0.39 is 0 Å². The van der Waals surface area contributed by atoms with Gasteiger partial charge in [-0.25, -0.2) is 4.98 Å². The van der Waals surface area contributed by atoms with Crippen LogP contribution in [0.25, 0.3) is 0 Å². The molecular weight excluding hydrogens is 269 g/mol. The molecule has 0 amide bonds. The van der Waals surface area contributed by atoms with Crippen LogP contribution in [0.1, 0.15) is 39.0 Å². The molecule has 100 valence electrons. The van der Waals surface area contributed by atoms with E-state index in [4.69, 9.17) is 23.2 Å². The number of aromatic nitrogens is 1. The van der Waals surface area contributed by atoms with E-state index in [1.807, 2.05) is 0 Å². The molecular formula is C13H19Cl2N3. The standard InChI is InChI=1S/C13H19Cl2N3/c1-13(6-4-3-5-7-13)18-12-10(15)8-9(14)11(16-2)17-12/h8H,3-7H2,1-2H3,(H2,16,17,18). The number of nitrogens with one attached hydrogen (secondary N) is 2. The van der Waals surface area contributed by atoms with E-state index in [0.717, 1.165) is 18.7 Å². The van der Waals surface area contributed by atoms with Crippen molar-refractivity contribution in [1.29, 1.82) is 0 Å². The van der Waals surface area contributed by atoms with Crippen LogP contribution < -0.4 is 10.6 Å². The lowest BCUT2D eigenvalue weighted by Crippen LogP contribution is -2.37. The van der Waals surface area contributed by atoms with Crippen molar-refractivity contribution in [3.63, 3.8) is 0 Å². The Morgan fingerprint density at radius 3 is 2.33 bits per heavy atom. The van der Waals surface area contributed by atoms with E-state index >= 15 is 0 Å². The van der Waals surface area contributed by atoms with Crippen LogP contribution in [0.15, 0.2) is 6.07 Å². The fraction of sp³-hybridized carbons (Fsp3) is 0.615. The summed E-state index contributed by atoms with van der Waals surface area (Å²) in [5.74, 6) is 1.37. The number of anilines is 2. The second-order valence-corrected chi connectivity index (χ2v) is 5.96. The van der Waals surface area contributed by atoms with Gasteiger partial charge in [-0.1, -0.05) is 42.5 Å². The van der Waals surface area contributed by atoms with Crippen molar-refractivity contribution in [2.45, 2.75) is 44.6 Å². The molecule has 0 unspecified atom stereocenters. The predicted octanol–water partition coefficient (Wildman–Crippen LogP) is 4.56. The number of pyridine rings is 1. The molecule has 0 aliphatic heterocycles. The molecule has 3 nitrogen and oxygen atoms in total. The number of halogens is 2. The van der Waals surface area contributed by atoms with Crippen molar-refractivity contribution in [2.75, 3.05) is 17.7 Å². The molecule has 0 spiro atoms. The average Bonchev–Trinajstić information content (AvgIpc) is 2.33. The van der Waals surface area contributed by atoms with E-state index in [2.05, 4.69) is 22.5 Å². The zero-order chi connectivity index (χ0) is 13.2. The smallest absolute Gasteiger partial charge is 0.147 e. The van der Waals surface area contributed by atoms with Crippen LogP contribution >= 0.6 is 23.2 Å². The molecule has 0 atom stereocenters. The molecule has 2 rings (SSSR count). The zero-order valence-corrected chi connectivity index (χ0v) is 12.3.